The maximum atomic E-state index is 11.9. The van der Waals surface area contributed by atoms with Crippen molar-refractivity contribution in [1.82, 2.24) is 15.0 Å². The minimum Gasteiger partial charge on any atom is -0.480 e. The van der Waals surface area contributed by atoms with Crippen molar-refractivity contribution >= 4 is 17.7 Å². The Morgan fingerprint density at radius 3 is 2.80 bits per heavy atom. The number of benzene rings is 1. The molecule has 7 nitrogen and oxygen atoms in total. The van der Waals surface area contributed by atoms with Crippen LogP contribution < -0.4 is 5.32 Å². The smallest absolute Gasteiger partial charge is 0.325 e. The van der Waals surface area contributed by atoms with Crippen LogP contribution in [0.2, 0.25) is 0 Å². The lowest BCUT2D eigenvalue weighted by atomic mass is 10.1. The summed E-state index contributed by atoms with van der Waals surface area (Å²) in [7, 11) is 0. The minimum absolute atomic E-state index is 0.221. The van der Waals surface area contributed by atoms with E-state index in [0.29, 0.717) is 0 Å². The fraction of sp³-hybridized carbons (Fsp3) is 0.231. The lowest BCUT2D eigenvalue weighted by molar-refractivity contribution is -0.137. The number of amides is 1. The molecule has 2 aromatic rings. The summed E-state index contributed by atoms with van der Waals surface area (Å²) in [6.45, 7) is 1.65. The zero-order valence-electron chi connectivity index (χ0n) is 10.9. The predicted molar refractivity (Wildman–Crippen MR) is 71.2 cm³/mol. The van der Waals surface area contributed by atoms with Gasteiger partial charge in [0.1, 0.15) is 6.54 Å². The Morgan fingerprint density at radius 1 is 1.35 bits per heavy atom. The molecule has 0 aliphatic carbocycles. The van der Waals surface area contributed by atoms with Crippen LogP contribution in [0.3, 0.4) is 0 Å². The number of hydrogen-bond donors (Lipinski definition) is 2. The van der Waals surface area contributed by atoms with Crippen LogP contribution in [-0.4, -0.2) is 32.0 Å². The van der Waals surface area contributed by atoms with Gasteiger partial charge in [-0.3, -0.25) is 9.59 Å². The van der Waals surface area contributed by atoms with Crippen LogP contribution in [-0.2, 0) is 22.6 Å². The molecule has 0 saturated heterocycles. The van der Waals surface area contributed by atoms with E-state index >= 15 is 0 Å². The third-order valence-electron chi connectivity index (χ3n) is 2.72. The Balaban J connectivity index is 1.96. The number of carboxylic acids is 1. The molecule has 0 aliphatic rings. The van der Waals surface area contributed by atoms with E-state index in [0.717, 1.165) is 15.8 Å². The Labute approximate surface area is 115 Å². The minimum atomic E-state index is -1.02. The first-order chi connectivity index (χ1) is 9.54. The van der Waals surface area contributed by atoms with Gasteiger partial charge < -0.3 is 10.4 Å². The summed E-state index contributed by atoms with van der Waals surface area (Å²) in [4.78, 5) is 22.4. The summed E-state index contributed by atoms with van der Waals surface area (Å²) in [6.07, 6.45) is 1.61. The monoisotopic (exact) mass is 274 g/mol. The molecule has 0 atom stereocenters. The second-order valence-electron chi connectivity index (χ2n) is 4.35. The molecule has 0 unspecified atom stereocenters. The first-order valence-corrected chi connectivity index (χ1v) is 6.01. The highest BCUT2D eigenvalue weighted by atomic mass is 16.4. The van der Waals surface area contributed by atoms with Crippen LogP contribution in [0.15, 0.2) is 30.5 Å². The highest BCUT2D eigenvalue weighted by Gasteiger charge is 2.09. The van der Waals surface area contributed by atoms with Crippen LogP contribution >= 0.6 is 0 Å². The molecule has 0 radical (unpaired) electrons. The van der Waals surface area contributed by atoms with E-state index in [2.05, 4.69) is 15.6 Å². The van der Waals surface area contributed by atoms with Gasteiger partial charge in [-0.2, -0.15) is 0 Å². The highest BCUT2D eigenvalue weighted by Crippen LogP contribution is 2.09. The van der Waals surface area contributed by atoms with Crippen molar-refractivity contribution in [3.63, 3.8) is 0 Å². The van der Waals surface area contributed by atoms with Gasteiger partial charge in [0, 0.05) is 0 Å². The number of carbonyl (C=O) groups is 2. The van der Waals surface area contributed by atoms with Gasteiger partial charge in [0.2, 0.25) is 5.91 Å². The van der Waals surface area contributed by atoms with Gasteiger partial charge >= 0.3 is 5.97 Å². The highest BCUT2D eigenvalue weighted by molar-refractivity contribution is 5.91. The van der Waals surface area contributed by atoms with E-state index in [1.807, 2.05) is 31.2 Å². The molecule has 2 N–H and O–H groups in total. The maximum Gasteiger partial charge on any atom is 0.325 e. The van der Waals surface area contributed by atoms with Crippen molar-refractivity contribution in [3.8, 4) is 0 Å². The largest absolute Gasteiger partial charge is 0.480 e. The van der Waals surface area contributed by atoms with Crippen molar-refractivity contribution in [2.45, 2.75) is 19.9 Å². The van der Waals surface area contributed by atoms with E-state index in [-0.39, 0.29) is 24.7 Å². The zero-order valence-corrected chi connectivity index (χ0v) is 10.9. The summed E-state index contributed by atoms with van der Waals surface area (Å²) in [5, 5.41) is 18.5. The molecule has 1 amide bonds. The first kappa shape index (κ1) is 13.7. The second-order valence-corrected chi connectivity index (χ2v) is 4.35. The van der Waals surface area contributed by atoms with Gasteiger partial charge in [0.15, 0.2) is 5.82 Å². The molecule has 7 heteroatoms. The molecule has 20 heavy (non-hydrogen) atoms. The summed E-state index contributed by atoms with van der Waals surface area (Å²) in [5.41, 5.74) is 1.97. The SMILES string of the molecule is Cc1ccccc1CC(=O)Nc1cn(CC(=O)O)nn1. The van der Waals surface area contributed by atoms with Crippen molar-refractivity contribution in [2.75, 3.05) is 5.32 Å². The topological polar surface area (TPSA) is 97.1 Å². The van der Waals surface area contributed by atoms with Gasteiger partial charge in [-0.05, 0) is 18.1 Å². The quantitative estimate of drug-likeness (QED) is 0.842. The summed E-state index contributed by atoms with van der Waals surface area (Å²) < 4.78 is 1.14. The number of aryl methyl sites for hydroxylation is 1. The molecule has 2 rings (SSSR count). The lowest BCUT2D eigenvalue weighted by Crippen LogP contribution is -2.15. The number of carbonyl (C=O) groups excluding carboxylic acids is 1. The van der Waals surface area contributed by atoms with E-state index in [9.17, 15) is 9.59 Å². The second kappa shape index (κ2) is 5.96. The molecule has 0 aliphatic heterocycles. The average Bonchev–Trinajstić information content (AvgIpc) is 2.78. The lowest BCUT2D eigenvalue weighted by Gasteiger charge is -2.04. The van der Waals surface area contributed by atoms with Crippen LogP contribution in [0.1, 0.15) is 11.1 Å². The number of carboxylic acid groups (broad SMARTS) is 1. The van der Waals surface area contributed by atoms with Gasteiger partial charge in [-0.25, -0.2) is 4.68 Å². The van der Waals surface area contributed by atoms with Gasteiger partial charge in [-0.15, -0.1) is 5.10 Å². The third-order valence-corrected chi connectivity index (χ3v) is 2.72. The summed E-state index contributed by atoms with van der Waals surface area (Å²) in [6, 6.07) is 7.61. The number of aromatic nitrogens is 3. The molecule has 0 saturated carbocycles. The van der Waals surface area contributed by atoms with E-state index < -0.39 is 5.97 Å². The van der Waals surface area contributed by atoms with Crippen molar-refractivity contribution in [1.29, 1.82) is 0 Å². The standard InChI is InChI=1S/C13H14N4O3/c1-9-4-2-3-5-10(9)6-12(18)14-11-7-17(16-15-11)8-13(19)20/h2-5,7H,6,8H2,1H3,(H,14,18)(H,19,20). The van der Waals surface area contributed by atoms with Crippen molar-refractivity contribution in [3.05, 3.63) is 41.6 Å². The maximum absolute atomic E-state index is 11.9. The molecule has 0 bridgehead atoms. The van der Waals surface area contributed by atoms with Crippen molar-refractivity contribution in [2.24, 2.45) is 0 Å². The van der Waals surface area contributed by atoms with Gasteiger partial charge in [0.05, 0.1) is 12.6 Å². The first-order valence-electron chi connectivity index (χ1n) is 6.01. The van der Waals surface area contributed by atoms with E-state index in [4.69, 9.17) is 5.11 Å². The molecule has 1 aromatic carbocycles. The Morgan fingerprint density at radius 2 is 2.10 bits per heavy atom. The molecular weight excluding hydrogens is 260 g/mol. The van der Waals surface area contributed by atoms with Crippen LogP contribution in [0, 0.1) is 6.92 Å². The summed E-state index contributed by atoms with van der Waals surface area (Å²) >= 11 is 0. The van der Waals surface area contributed by atoms with Crippen LogP contribution in [0.4, 0.5) is 5.82 Å². The van der Waals surface area contributed by atoms with Crippen molar-refractivity contribution < 1.29 is 14.7 Å². The van der Waals surface area contributed by atoms with Gasteiger partial charge in [-0.1, -0.05) is 29.5 Å². The van der Waals surface area contributed by atoms with E-state index in [1.54, 1.807) is 0 Å². The molecule has 104 valence electrons. The normalized spacial score (nSPS) is 10.2. The van der Waals surface area contributed by atoms with Crippen LogP contribution in [0.5, 0.6) is 0 Å². The fourth-order valence-electron chi connectivity index (χ4n) is 1.74. The Hall–Kier alpha value is -2.70. The predicted octanol–water partition coefficient (Wildman–Crippen LogP) is 0.852. The number of nitrogens with zero attached hydrogens (tertiary/aromatic N) is 3. The van der Waals surface area contributed by atoms with Crippen LogP contribution in [0.25, 0.3) is 0 Å². The molecule has 0 spiro atoms. The molecule has 1 aromatic heterocycles. The number of nitrogens with one attached hydrogen (secondary N) is 1. The number of hydrogen-bond acceptors (Lipinski definition) is 4. The Bertz CT molecular complexity index is 636. The molecule has 1 heterocycles. The van der Waals surface area contributed by atoms with Gasteiger partial charge in [0.25, 0.3) is 0 Å². The van der Waals surface area contributed by atoms with E-state index in [1.165, 1.54) is 6.20 Å². The number of rotatable bonds is 5. The summed E-state index contributed by atoms with van der Waals surface area (Å²) in [5.74, 6) is -1.00. The molecule has 0 fully saturated rings. The number of anilines is 1. The zero-order chi connectivity index (χ0) is 14.5. The Kier molecular flexibility index (Phi) is 4.09. The average molecular weight is 274 g/mol. The number of aliphatic carboxylic acids is 1. The molecular formula is C13H14N4O3. The third kappa shape index (κ3) is 3.64. The fourth-order valence-corrected chi connectivity index (χ4v) is 1.74.